The summed E-state index contributed by atoms with van der Waals surface area (Å²) in [6.45, 7) is 3.10. The Morgan fingerprint density at radius 2 is 2.05 bits per heavy atom. The number of anilines is 1. The van der Waals surface area contributed by atoms with Crippen molar-refractivity contribution in [3.05, 3.63) is 30.3 Å². The molecule has 2 amide bonds. The molecule has 0 radical (unpaired) electrons. The van der Waals surface area contributed by atoms with Crippen LogP contribution in [0.3, 0.4) is 0 Å². The maximum absolute atomic E-state index is 12.2. The van der Waals surface area contributed by atoms with Gasteiger partial charge in [-0.05, 0) is 31.9 Å². The molecule has 0 aliphatic heterocycles. The third kappa shape index (κ3) is 4.36. The van der Waals surface area contributed by atoms with Crippen molar-refractivity contribution in [2.45, 2.75) is 31.8 Å². The van der Waals surface area contributed by atoms with Crippen molar-refractivity contribution in [1.82, 2.24) is 10.2 Å². The molecule has 1 aromatic carbocycles. The van der Waals surface area contributed by atoms with Crippen LogP contribution in [0.5, 0.6) is 0 Å². The van der Waals surface area contributed by atoms with Crippen molar-refractivity contribution >= 4 is 11.7 Å². The van der Waals surface area contributed by atoms with Crippen LogP contribution in [0.15, 0.2) is 30.3 Å². The van der Waals surface area contributed by atoms with Crippen LogP contribution in [0.2, 0.25) is 0 Å². The van der Waals surface area contributed by atoms with Crippen LogP contribution in [0, 0.1) is 0 Å². The first kappa shape index (κ1) is 15.6. The van der Waals surface area contributed by atoms with E-state index in [-0.39, 0.29) is 18.7 Å². The number of urea groups is 1. The zero-order chi connectivity index (χ0) is 15.2. The fraction of sp³-hybridized carbons (Fsp3) is 0.562. The third-order valence-electron chi connectivity index (χ3n) is 3.96. The molecule has 0 aromatic heterocycles. The molecule has 1 atom stereocenters. The molecule has 5 heteroatoms. The summed E-state index contributed by atoms with van der Waals surface area (Å²) in [7, 11) is 2.03. The predicted molar refractivity (Wildman–Crippen MR) is 84.5 cm³/mol. The second-order valence-corrected chi connectivity index (χ2v) is 5.63. The fourth-order valence-electron chi connectivity index (χ4n) is 2.33. The van der Waals surface area contributed by atoms with Crippen molar-refractivity contribution in [3.63, 3.8) is 0 Å². The Bertz CT molecular complexity index is 448. The molecule has 1 saturated carbocycles. The van der Waals surface area contributed by atoms with Gasteiger partial charge in [-0.3, -0.25) is 0 Å². The van der Waals surface area contributed by atoms with Gasteiger partial charge in [0.1, 0.15) is 0 Å². The molecule has 0 bridgehead atoms. The van der Waals surface area contributed by atoms with Gasteiger partial charge in [0.05, 0.1) is 6.61 Å². The molecule has 21 heavy (non-hydrogen) atoms. The maximum Gasteiger partial charge on any atom is 0.317 e. The maximum atomic E-state index is 12.2. The number of amides is 2. The largest absolute Gasteiger partial charge is 0.395 e. The molecular formula is C16H25N3O2. The Morgan fingerprint density at radius 3 is 2.62 bits per heavy atom. The SMILES string of the molecule is CC(CNC(=O)N(CCO)C1CC1)N(C)c1ccccc1. The first-order valence-electron chi connectivity index (χ1n) is 7.56. The van der Waals surface area contributed by atoms with Gasteiger partial charge in [-0.1, -0.05) is 18.2 Å². The van der Waals surface area contributed by atoms with Gasteiger partial charge in [0.25, 0.3) is 0 Å². The number of rotatable bonds is 7. The number of carbonyl (C=O) groups excluding carboxylic acids is 1. The zero-order valence-corrected chi connectivity index (χ0v) is 12.8. The fourth-order valence-corrected chi connectivity index (χ4v) is 2.33. The van der Waals surface area contributed by atoms with Gasteiger partial charge < -0.3 is 20.2 Å². The summed E-state index contributed by atoms with van der Waals surface area (Å²) in [5.41, 5.74) is 1.13. The molecule has 1 aliphatic rings. The first-order chi connectivity index (χ1) is 10.1. The lowest BCUT2D eigenvalue weighted by molar-refractivity contribution is 0.173. The lowest BCUT2D eigenvalue weighted by atomic mass is 10.2. The molecule has 0 saturated heterocycles. The molecule has 0 spiro atoms. The molecule has 1 aliphatic carbocycles. The number of nitrogens with one attached hydrogen (secondary N) is 1. The van der Waals surface area contributed by atoms with Crippen LogP contribution < -0.4 is 10.2 Å². The van der Waals surface area contributed by atoms with Crippen molar-refractivity contribution in [3.8, 4) is 0 Å². The summed E-state index contributed by atoms with van der Waals surface area (Å²) < 4.78 is 0. The molecular weight excluding hydrogens is 266 g/mol. The summed E-state index contributed by atoms with van der Waals surface area (Å²) in [6, 6.07) is 10.6. The Labute approximate surface area is 126 Å². The van der Waals surface area contributed by atoms with Crippen LogP contribution in [-0.2, 0) is 0 Å². The number of hydrogen-bond donors (Lipinski definition) is 2. The van der Waals surface area contributed by atoms with E-state index in [1.54, 1.807) is 4.90 Å². The molecule has 1 aromatic rings. The number of aliphatic hydroxyl groups excluding tert-OH is 1. The van der Waals surface area contributed by atoms with Crippen molar-refractivity contribution in [2.75, 3.05) is 31.6 Å². The minimum absolute atomic E-state index is 0.0173. The van der Waals surface area contributed by atoms with E-state index in [1.807, 2.05) is 25.2 Å². The number of para-hydroxylation sites is 1. The number of carbonyl (C=O) groups is 1. The summed E-state index contributed by atoms with van der Waals surface area (Å²) >= 11 is 0. The van der Waals surface area contributed by atoms with Crippen molar-refractivity contribution in [1.29, 1.82) is 0 Å². The normalized spacial score (nSPS) is 15.4. The molecule has 1 unspecified atom stereocenters. The third-order valence-corrected chi connectivity index (χ3v) is 3.96. The van der Waals surface area contributed by atoms with E-state index in [0.717, 1.165) is 18.5 Å². The lowest BCUT2D eigenvalue weighted by Gasteiger charge is -2.29. The number of nitrogens with zero attached hydrogens (tertiary/aromatic N) is 2. The minimum atomic E-state index is -0.0696. The lowest BCUT2D eigenvalue weighted by Crippen LogP contribution is -2.47. The molecule has 1 fully saturated rings. The van der Waals surface area contributed by atoms with Crippen molar-refractivity contribution < 1.29 is 9.90 Å². The molecule has 0 heterocycles. The van der Waals surface area contributed by atoms with Crippen LogP contribution in [0.25, 0.3) is 0 Å². The smallest absolute Gasteiger partial charge is 0.317 e. The van der Waals surface area contributed by atoms with E-state index in [9.17, 15) is 4.79 Å². The van der Waals surface area contributed by atoms with E-state index in [4.69, 9.17) is 5.11 Å². The van der Waals surface area contributed by atoms with E-state index in [0.29, 0.717) is 19.1 Å². The summed E-state index contributed by atoms with van der Waals surface area (Å²) in [6.07, 6.45) is 2.10. The zero-order valence-electron chi connectivity index (χ0n) is 12.8. The topological polar surface area (TPSA) is 55.8 Å². The van der Waals surface area contributed by atoms with Gasteiger partial charge in [-0.15, -0.1) is 0 Å². The monoisotopic (exact) mass is 291 g/mol. The van der Waals surface area contributed by atoms with Crippen LogP contribution in [0.1, 0.15) is 19.8 Å². The van der Waals surface area contributed by atoms with Crippen LogP contribution in [0.4, 0.5) is 10.5 Å². The highest BCUT2D eigenvalue weighted by Gasteiger charge is 2.32. The number of hydrogen-bond acceptors (Lipinski definition) is 3. The molecule has 116 valence electrons. The van der Waals surface area contributed by atoms with Gasteiger partial charge in [-0.2, -0.15) is 0 Å². The Balaban J connectivity index is 1.82. The van der Waals surface area contributed by atoms with E-state index in [2.05, 4.69) is 29.3 Å². The summed E-state index contributed by atoms with van der Waals surface area (Å²) in [5.74, 6) is 0. The Hall–Kier alpha value is -1.75. The second kappa shape index (κ2) is 7.31. The van der Waals surface area contributed by atoms with Crippen LogP contribution >= 0.6 is 0 Å². The predicted octanol–water partition coefficient (Wildman–Crippen LogP) is 1.68. The molecule has 5 nitrogen and oxygen atoms in total. The first-order valence-corrected chi connectivity index (χ1v) is 7.56. The van der Waals surface area contributed by atoms with E-state index < -0.39 is 0 Å². The van der Waals surface area contributed by atoms with Crippen molar-refractivity contribution in [2.24, 2.45) is 0 Å². The highest BCUT2D eigenvalue weighted by atomic mass is 16.3. The van der Waals surface area contributed by atoms with Gasteiger partial charge in [0.2, 0.25) is 0 Å². The molecule has 2 N–H and O–H groups in total. The van der Waals surface area contributed by atoms with Gasteiger partial charge >= 0.3 is 6.03 Å². The van der Waals surface area contributed by atoms with Gasteiger partial charge in [0.15, 0.2) is 0 Å². The average molecular weight is 291 g/mol. The van der Waals surface area contributed by atoms with Gasteiger partial charge in [-0.25, -0.2) is 4.79 Å². The number of aliphatic hydroxyl groups is 1. The minimum Gasteiger partial charge on any atom is -0.395 e. The highest BCUT2D eigenvalue weighted by Crippen LogP contribution is 2.26. The van der Waals surface area contributed by atoms with Crippen LogP contribution in [-0.4, -0.2) is 54.9 Å². The Kier molecular flexibility index (Phi) is 5.44. The standard InChI is InChI=1S/C16H25N3O2/c1-13(18(2)14-6-4-3-5-7-14)12-17-16(21)19(10-11-20)15-8-9-15/h3-7,13,15,20H,8-12H2,1-2H3,(H,17,21). The average Bonchev–Trinajstić information content (AvgIpc) is 3.34. The second-order valence-electron chi connectivity index (χ2n) is 5.63. The van der Waals surface area contributed by atoms with E-state index >= 15 is 0 Å². The highest BCUT2D eigenvalue weighted by molar-refractivity contribution is 5.75. The quantitative estimate of drug-likeness (QED) is 0.803. The molecule has 2 rings (SSSR count). The summed E-state index contributed by atoms with van der Waals surface area (Å²) in [5, 5.41) is 12.0. The van der Waals surface area contributed by atoms with E-state index in [1.165, 1.54) is 0 Å². The van der Waals surface area contributed by atoms with Gasteiger partial charge in [0, 0.05) is 37.9 Å². The number of benzene rings is 1. The Morgan fingerprint density at radius 1 is 1.38 bits per heavy atom. The number of likely N-dealkylation sites (N-methyl/N-ethyl adjacent to an activating group) is 1. The summed E-state index contributed by atoms with van der Waals surface area (Å²) in [4.78, 5) is 16.1.